The van der Waals surface area contributed by atoms with Gasteiger partial charge in [-0.05, 0) is 45.4 Å². The minimum Gasteiger partial charge on any atom is -0.329 e. The average Bonchev–Trinajstić information content (AvgIpc) is 2.62. The van der Waals surface area contributed by atoms with Crippen molar-refractivity contribution in [1.82, 2.24) is 10.2 Å². The van der Waals surface area contributed by atoms with E-state index >= 15 is 0 Å². The molecule has 116 valence electrons. The summed E-state index contributed by atoms with van der Waals surface area (Å²) in [6.07, 6.45) is -4.38. The maximum atomic E-state index is 12.9. The zero-order valence-electron chi connectivity index (χ0n) is 12.5. The zero-order valence-corrected chi connectivity index (χ0v) is 12.5. The molecule has 1 fully saturated rings. The molecule has 1 aromatic rings. The van der Waals surface area contributed by atoms with Gasteiger partial charge in [0.15, 0.2) is 0 Å². The van der Waals surface area contributed by atoms with Crippen molar-refractivity contribution in [3.63, 3.8) is 0 Å². The number of carbonyl (C=O) groups excluding carboxylic acids is 1. The lowest BCUT2D eigenvalue weighted by atomic mass is 9.96. The monoisotopic (exact) mass is 300 g/mol. The molecule has 1 aromatic carbocycles. The molecule has 1 aliphatic rings. The Hall–Kier alpha value is -1.72. The van der Waals surface area contributed by atoms with E-state index in [4.69, 9.17) is 0 Å². The van der Waals surface area contributed by atoms with Gasteiger partial charge in [-0.3, -0.25) is 0 Å². The van der Waals surface area contributed by atoms with Crippen LogP contribution in [0.4, 0.5) is 18.0 Å². The van der Waals surface area contributed by atoms with E-state index in [-0.39, 0.29) is 18.1 Å². The van der Waals surface area contributed by atoms with Gasteiger partial charge >= 0.3 is 12.2 Å². The van der Waals surface area contributed by atoms with Gasteiger partial charge in [0.05, 0.1) is 17.6 Å². The molecule has 0 spiro atoms. The second-order valence-corrected chi connectivity index (χ2v) is 5.80. The molecule has 21 heavy (non-hydrogen) atoms. The maximum absolute atomic E-state index is 12.9. The van der Waals surface area contributed by atoms with Crippen molar-refractivity contribution in [3.05, 3.63) is 34.9 Å². The quantitative estimate of drug-likeness (QED) is 0.883. The van der Waals surface area contributed by atoms with Gasteiger partial charge < -0.3 is 10.2 Å². The summed E-state index contributed by atoms with van der Waals surface area (Å²) in [6, 6.07) is 3.07. The van der Waals surface area contributed by atoms with Gasteiger partial charge in [0.1, 0.15) is 0 Å². The largest absolute Gasteiger partial charge is 0.416 e. The van der Waals surface area contributed by atoms with Gasteiger partial charge in [-0.2, -0.15) is 13.2 Å². The molecule has 0 aromatic heterocycles. The first-order valence-electron chi connectivity index (χ1n) is 6.89. The van der Waals surface area contributed by atoms with Crippen LogP contribution in [0.5, 0.6) is 0 Å². The van der Waals surface area contributed by atoms with E-state index in [1.165, 1.54) is 0 Å². The van der Waals surface area contributed by atoms with Gasteiger partial charge in [-0.15, -0.1) is 0 Å². The van der Waals surface area contributed by atoms with E-state index in [0.717, 1.165) is 12.1 Å². The van der Waals surface area contributed by atoms with E-state index in [1.54, 1.807) is 17.9 Å². The second kappa shape index (κ2) is 5.24. The summed E-state index contributed by atoms with van der Waals surface area (Å²) < 4.78 is 38.7. The van der Waals surface area contributed by atoms with Crippen molar-refractivity contribution in [1.29, 1.82) is 0 Å². The second-order valence-electron chi connectivity index (χ2n) is 5.80. The summed E-state index contributed by atoms with van der Waals surface area (Å²) in [5.41, 5.74) is 0.345. The molecule has 3 nitrogen and oxygen atoms in total. The number of nitrogens with one attached hydrogen (secondary N) is 1. The van der Waals surface area contributed by atoms with Crippen molar-refractivity contribution in [2.24, 2.45) is 0 Å². The number of nitrogens with zero attached hydrogens (tertiary/aromatic N) is 1. The van der Waals surface area contributed by atoms with Gasteiger partial charge in [-0.25, -0.2) is 4.79 Å². The fraction of sp³-hybridized carbons (Fsp3) is 0.533. The molecule has 0 bridgehead atoms. The number of benzene rings is 1. The topological polar surface area (TPSA) is 32.3 Å². The summed E-state index contributed by atoms with van der Waals surface area (Å²) in [6.45, 7) is 7.24. The number of hydrogen-bond acceptors (Lipinski definition) is 1. The fourth-order valence-corrected chi connectivity index (χ4v) is 2.90. The van der Waals surface area contributed by atoms with Gasteiger partial charge in [0, 0.05) is 6.04 Å². The Labute approximate surface area is 122 Å². The van der Waals surface area contributed by atoms with E-state index in [9.17, 15) is 18.0 Å². The van der Waals surface area contributed by atoms with E-state index < -0.39 is 17.8 Å². The van der Waals surface area contributed by atoms with Crippen LogP contribution in [-0.4, -0.2) is 23.0 Å². The van der Waals surface area contributed by atoms with Gasteiger partial charge in [-0.1, -0.05) is 11.6 Å². The highest BCUT2D eigenvalue weighted by Gasteiger charge is 2.39. The first-order chi connectivity index (χ1) is 9.61. The lowest BCUT2D eigenvalue weighted by Crippen LogP contribution is -2.38. The van der Waals surface area contributed by atoms with E-state index in [2.05, 4.69) is 5.32 Å². The van der Waals surface area contributed by atoms with E-state index in [0.29, 0.717) is 11.1 Å². The summed E-state index contributed by atoms with van der Waals surface area (Å²) >= 11 is 0. The number of urea groups is 1. The van der Waals surface area contributed by atoms with Crippen LogP contribution in [-0.2, 0) is 6.18 Å². The smallest absolute Gasteiger partial charge is 0.329 e. The number of alkyl halides is 3. The van der Waals surface area contributed by atoms with Crippen LogP contribution in [0.25, 0.3) is 0 Å². The molecular weight excluding hydrogens is 281 g/mol. The first kappa shape index (κ1) is 15.7. The minimum absolute atomic E-state index is 0.00287. The molecule has 0 radical (unpaired) electrons. The average molecular weight is 300 g/mol. The van der Waals surface area contributed by atoms with Crippen molar-refractivity contribution in [3.8, 4) is 0 Å². The van der Waals surface area contributed by atoms with Gasteiger partial charge in [0.25, 0.3) is 0 Å². The molecule has 6 heteroatoms. The normalized spacial score (nSPS) is 22.9. The Morgan fingerprint density at radius 1 is 1.24 bits per heavy atom. The van der Waals surface area contributed by atoms with Crippen LogP contribution >= 0.6 is 0 Å². The standard InChI is InChI=1S/C15H19F3N2O/c1-8(2)20-10(4)13(19-14(20)21)11-5-9(3)6-12(7-11)15(16,17)18/h5-8,10,13H,1-4H3,(H,19,21)/t10-,13-/m0/s1. The predicted octanol–water partition coefficient (Wildman–Crippen LogP) is 3.88. The first-order valence-corrected chi connectivity index (χ1v) is 6.89. The molecule has 2 rings (SSSR count). The minimum atomic E-state index is -4.38. The van der Waals surface area contributed by atoms with Crippen LogP contribution in [0.3, 0.4) is 0 Å². The molecule has 2 atom stereocenters. The lowest BCUT2D eigenvalue weighted by Gasteiger charge is -2.26. The molecule has 1 aliphatic heterocycles. The highest BCUT2D eigenvalue weighted by atomic mass is 19.4. The fourth-order valence-electron chi connectivity index (χ4n) is 2.90. The van der Waals surface area contributed by atoms with Gasteiger partial charge in [0.2, 0.25) is 0 Å². The molecule has 0 aliphatic carbocycles. The van der Waals surface area contributed by atoms with Crippen molar-refractivity contribution in [2.45, 2.75) is 52.0 Å². The number of rotatable bonds is 2. The number of amides is 2. The Bertz CT molecular complexity index is 554. The summed E-state index contributed by atoms with van der Waals surface area (Å²) in [7, 11) is 0. The third-order valence-electron chi connectivity index (χ3n) is 3.78. The Kier molecular flexibility index (Phi) is 3.91. The van der Waals surface area contributed by atoms with Crippen LogP contribution in [0.15, 0.2) is 18.2 Å². The van der Waals surface area contributed by atoms with Crippen LogP contribution < -0.4 is 5.32 Å². The third-order valence-corrected chi connectivity index (χ3v) is 3.78. The summed E-state index contributed by atoms with van der Waals surface area (Å²) in [5.74, 6) is 0. The predicted molar refractivity (Wildman–Crippen MR) is 73.9 cm³/mol. The van der Waals surface area contributed by atoms with Crippen molar-refractivity contribution < 1.29 is 18.0 Å². The molecule has 1 heterocycles. The number of aryl methyl sites for hydroxylation is 1. The SMILES string of the molecule is Cc1cc([C@H]2NC(=O)N(C(C)C)[C@H]2C)cc(C(F)(F)F)c1. The summed E-state index contributed by atoms with van der Waals surface area (Å²) in [4.78, 5) is 13.6. The summed E-state index contributed by atoms with van der Waals surface area (Å²) in [5, 5.41) is 2.78. The Morgan fingerprint density at radius 2 is 1.86 bits per heavy atom. The molecule has 1 N–H and O–H groups in total. The molecule has 1 saturated heterocycles. The molecule has 0 saturated carbocycles. The van der Waals surface area contributed by atoms with Crippen molar-refractivity contribution in [2.75, 3.05) is 0 Å². The number of hydrogen-bond donors (Lipinski definition) is 1. The molecular formula is C15H19F3N2O. The van der Waals surface area contributed by atoms with Crippen molar-refractivity contribution >= 4 is 6.03 Å². The highest BCUT2D eigenvalue weighted by Crippen LogP contribution is 2.35. The third kappa shape index (κ3) is 2.99. The molecule has 2 amide bonds. The molecule has 0 unspecified atom stereocenters. The Morgan fingerprint density at radius 3 is 2.33 bits per heavy atom. The zero-order chi connectivity index (χ0) is 15.9. The maximum Gasteiger partial charge on any atom is 0.416 e. The van der Waals surface area contributed by atoms with Crippen LogP contribution in [0.2, 0.25) is 0 Å². The highest BCUT2D eigenvalue weighted by molar-refractivity contribution is 5.78. The number of halogens is 3. The van der Waals surface area contributed by atoms with E-state index in [1.807, 2.05) is 20.8 Å². The number of carbonyl (C=O) groups is 1. The van der Waals surface area contributed by atoms with Crippen LogP contribution in [0, 0.1) is 6.92 Å². The lowest BCUT2D eigenvalue weighted by molar-refractivity contribution is -0.137. The van der Waals surface area contributed by atoms with Crippen LogP contribution in [0.1, 0.15) is 43.5 Å². The Balaban J connectivity index is 2.39.